The van der Waals surface area contributed by atoms with Crippen molar-refractivity contribution in [3.8, 4) is 11.3 Å². The Bertz CT molecular complexity index is 597. The molecule has 17 heavy (non-hydrogen) atoms. The molecule has 0 radical (unpaired) electrons. The summed E-state index contributed by atoms with van der Waals surface area (Å²) in [6, 6.07) is 2.96. The number of aromatic carboxylic acids is 1. The molecular formula is C10H4BrF2NO3. The van der Waals surface area contributed by atoms with Crippen LogP contribution in [0.3, 0.4) is 0 Å². The van der Waals surface area contributed by atoms with E-state index < -0.39 is 17.6 Å². The van der Waals surface area contributed by atoms with Crippen molar-refractivity contribution in [2.24, 2.45) is 0 Å². The van der Waals surface area contributed by atoms with E-state index in [0.29, 0.717) is 0 Å². The summed E-state index contributed by atoms with van der Waals surface area (Å²) in [5.41, 5.74) is 0.313. The minimum Gasteiger partial charge on any atom is -0.475 e. The van der Waals surface area contributed by atoms with Gasteiger partial charge in [0.05, 0.1) is 0 Å². The number of nitrogens with zero attached hydrogens (tertiary/aromatic N) is 1. The molecule has 1 heterocycles. The molecule has 0 spiro atoms. The van der Waals surface area contributed by atoms with E-state index in [1.807, 2.05) is 0 Å². The van der Waals surface area contributed by atoms with Crippen LogP contribution in [0.1, 0.15) is 10.6 Å². The monoisotopic (exact) mass is 303 g/mol. The molecule has 1 N–H and O–H groups in total. The number of rotatable bonds is 2. The second kappa shape index (κ2) is 4.25. The standard InChI is InChI=1S/C10H4BrF2NO3/c11-5-2-7(13)6(12)1-4(5)8-3-9(10(15)16)17-14-8/h1-3H,(H,15,16). The van der Waals surface area contributed by atoms with Crippen LogP contribution in [0.15, 0.2) is 27.2 Å². The number of hydrogen-bond acceptors (Lipinski definition) is 3. The maximum Gasteiger partial charge on any atom is 0.374 e. The van der Waals surface area contributed by atoms with Crippen LogP contribution in [-0.2, 0) is 0 Å². The van der Waals surface area contributed by atoms with Crippen molar-refractivity contribution in [3.63, 3.8) is 0 Å². The molecule has 0 atom stereocenters. The zero-order valence-electron chi connectivity index (χ0n) is 8.08. The van der Waals surface area contributed by atoms with Crippen LogP contribution < -0.4 is 0 Å². The highest BCUT2D eigenvalue weighted by molar-refractivity contribution is 9.10. The van der Waals surface area contributed by atoms with Gasteiger partial charge in [0.2, 0.25) is 5.76 Å². The van der Waals surface area contributed by atoms with Crippen molar-refractivity contribution in [2.75, 3.05) is 0 Å². The molecular weight excluding hydrogens is 300 g/mol. The topological polar surface area (TPSA) is 63.3 Å². The van der Waals surface area contributed by atoms with Gasteiger partial charge in [-0.15, -0.1) is 0 Å². The molecule has 0 saturated carbocycles. The number of carboxylic acids is 1. The van der Waals surface area contributed by atoms with Crippen LogP contribution in [0, 0.1) is 11.6 Å². The molecule has 0 bridgehead atoms. The van der Waals surface area contributed by atoms with E-state index in [9.17, 15) is 13.6 Å². The summed E-state index contributed by atoms with van der Waals surface area (Å²) in [5.74, 6) is -3.73. The fourth-order valence-electron chi connectivity index (χ4n) is 1.22. The summed E-state index contributed by atoms with van der Waals surface area (Å²) in [6.45, 7) is 0. The predicted octanol–water partition coefficient (Wildman–Crippen LogP) is 3.08. The Morgan fingerprint density at radius 2 is 1.94 bits per heavy atom. The van der Waals surface area contributed by atoms with E-state index in [1.165, 1.54) is 0 Å². The van der Waals surface area contributed by atoms with E-state index in [0.717, 1.165) is 18.2 Å². The van der Waals surface area contributed by atoms with Crippen molar-refractivity contribution in [1.29, 1.82) is 0 Å². The lowest BCUT2D eigenvalue weighted by Crippen LogP contribution is -1.91. The van der Waals surface area contributed by atoms with Crippen molar-refractivity contribution < 1.29 is 23.2 Å². The zero-order valence-corrected chi connectivity index (χ0v) is 9.66. The van der Waals surface area contributed by atoms with Crippen LogP contribution in [0.2, 0.25) is 0 Å². The summed E-state index contributed by atoms with van der Waals surface area (Å²) in [5, 5.41) is 12.1. The fraction of sp³-hybridized carbons (Fsp3) is 0. The minimum atomic E-state index is -1.29. The Kier molecular flexibility index (Phi) is 2.93. The highest BCUT2D eigenvalue weighted by Crippen LogP contribution is 2.29. The van der Waals surface area contributed by atoms with E-state index in [-0.39, 0.29) is 21.5 Å². The molecule has 88 valence electrons. The summed E-state index contributed by atoms with van der Waals surface area (Å²) >= 11 is 3.03. The number of halogens is 3. The average Bonchev–Trinajstić information content (AvgIpc) is 2.72. The van der Waals surface area contributed by atoms with Crippen LogP contribution in [-0.4, -0.2) is 16.2 Å². The predicted molar refractivity (Wildman–Crippen MR) is 56.5 cm³/mol. The Balaban J connectivity index is 2.52. The first-order valence-corrected chi connectivity index (χ1v) is 5.13. The summed E-state index contributed by atoms with van der Waals surface area (Å²) in [4.78, 5) is 10.6. The molecule has 0 saturated heterocycles. The second-order valence-corrected chi connectivity index (χ2v) is 3.98. The smallest absolute Gasteiger partial charge is 0.374 e. The third-order valence-corrected chi connectivity index (χ3v) is 2.66. The zero-order chi connectivity index (χ0) is 12.6. The van der Waals surface area contributed by atoms with Gasteiger partial charge in [-0.1, -0.05) is 5.16 Å². The minimum absolute atomic E-state index is 0.105. The Hall–Kier alpha value is -1.76. The molecule has 2 aromatic rings. The first-order valence-electron chi connectivity index (χ1n) is 4.34. The lowest BCUT2D eigenvalue weighted by molar-refractivity contribution is 0.0652. The van der Waals surface area contributed by atoms with Crippen LogP contribution >= 0.6 is 15.9 Å². The van der Waals surface area contributed by atoms with Gasteiger partial charge in [0.15, 0.2) is 11.6 Å². The van der Waals surface area contributed by atoms with Gasteiger partial charge < -0.3 is 9.63 Å². The number of aromatic nitrogens is 1. The van der Waals surface area contributed by atoms with Gasteiger partial charge >= 0.3 is 5.97 Å². The van der Waals surface area contributed by atoms with Gasteiger partial charge in [0.1, 0.15) is 5.69 Å². The molecule has 0 unspecified atom stereocenters. The van der Waals surface area contributed by atoms with E-state index >= 15 is 0 Å². The van der Waals surface area contributed by atoms with Gasteiger partial charge in [-0.05, 0) is 28.1 Å². The lowest BCUT2D eigenvalue weighted by Gasteiger charge is -2.00. The molecule has 1 aromatic carbocycles. The molecule has 0 aliphatic rings. The molecule has 4 nitrogen and oxygen atoms in total. The van der Waals surface area contributed by atoms with Gasteiger partial charge in [0.25, 0.3) is 0 Å². The number of carbonyl (C=O) groups is 1. The number of carboxylic acid groups (broad SMARTS) is 1. The second-order valence-electron chi connectivity index (χ2n) is 3.13. The maximum absolute atomic E-state index is 13.0. The van der Waals surface area contributed by atoms with Gasteiger partial charge in [-0.2, -0.15) is 0 Å². The molecule has 0 amide bonds. The van der Waals surface area contributed by atoms with E-state index in [2.05, 4.69) is 25.6 Å². The Morgan fingerprint density at radius 1 is 1.29 bits per heavy atom. The highest BCUT2D eigenvalue weighted by atomic mass is 79.9. The first kappa shape index (κ1) is 11.7. The van der Waals surface area contributed by atoms with Gasteiger partial charge in [-0.3, -0.25) is 0 Å². The van der Waals surface area contributed by atoms with E-state index in [4.69, 9.17) is 5.11 Å². The van der Waals surface area contributed by atoms with Crippen molar-refractivity contribution in [1.82, 2.24) is 5.16 Å². The Morgan fingerprint density at radius 3 is 2.53 bits per heavy atom. The molecule has 7 heteroatoms. The highest BCUT2D eigenvalue weighted by Gasteiger charge is 2.16. The molecule has 0 aliphatic carbocycles. The first-order chi connectivity index (χ1) is 7.99. The van der Waals surface area contributed by atoms with Gasteiger partial charge in [-0.25, -0.2) is 13.6 Å². The van der Waals surface area contributed by atoms with Crippen LogP contribution in [0.25, 0.3) is 11.3 Å². The normalized spacial score (nSPS) is 10.5. The summed E-state index contributed by atoms with van der Waals surface area (Å²) in [6.07, 6.45) is 0. The quantitative estimate of drug-likeness (QED) is 0.866. The molecule has 2 rings (SSSR count). The van der Waals surface area contributed by atoms with Crippen LogP contribution in [0.5, 0.6) is 0 Å². The van der Waals surface area contributed by atoms with Crippen molar-refractivity contribution >= 4 is 21.9 Å². The average molecular weight is 304 g/mol. The lowest BCUT2D eigenvalue weighted by atomic mass is 10.1. The van der Waals surface area contributed by atoms with E-state index in [1.54, 1.807) is 0 Å². The Labute approximate surface area is 102 Å². The van der Waals surface area contributed by atoms with Crippen molar-refractivity contribution in [3.05, 3.63) is 40.1 Å². The van der Waals surface area contributed by atoms with Crippen molar-refractivity contribution in [2.45, 2.75) is 0 Å². The molecule has 1 aromatic heterocycles. The van der Waals surface area contributed by atoms with Crippen LogP contribution in [0.4, 0.5) is 8.78 Å². The molecule has 0 aliphatic heterocycles. The summed E-state index contributed by atoms with van der Waals surface area (Å²) < 4.78 is 30.7. The SMILES string of the molecule is O=C(O)c1cc(-c2cc(F)c(F)cc2Br)no1. The number of benzene rings is 1. The van der Waals surface area contributed by atoms with Gasteiger partial charge in [0, 0.05) is 16.1 Å². The largest absolute Gasteiger partial charge is 0.475 e. The third kappa shape index (κ3) is 2.19. The summed E-state index contributed by atoms with van der Waals surface area (Å²) in [7, 11) is 0. The fourth-order valence-corrected chi connectivity index (χ4v) is 1.74. The number of hydrogen-bond donors (Lipinski definition) is 1. The maximum atomic E-state index is 13.0. The molecule has 0 fully saturated rings. The third-order valence-electron chi connectivity index (χ3n) is 2.01.